The Labute approximate surface area is 96.0 Å². The van der Waals surface area contributed by atoms with Gasteiger partial charge < -0.3 is 21.7 Å². The van der Waals surface area contributed by atoms with E-state index < -0.39 is 11.6 Å². The van der Waals surface area contributed by atoms with Crippen LogP contribution in [0.25, 0.3) is 0 Å². The third-order valence-electron chi connectivity index (χ3n) is 1.03. The molecule has 0 heterocycles. The summed E-state index contributed by atoms with van der Waals surface area (Å²) in [7, 11) is 1.30. The molecule has 12 heavy (non-hydrogen) atoms. The molecule has 0 saturated heterocycles. The van der Waals surface area contributed by atoms with E-state index in [0.29, 0.717) is 0 Å². The summed E-state index contributed by atoms with van der Waals surface area (Å²) in [5, 5.41) is 0. The van der Waals surface area contributed by atoms with E-state index in [0.717, 1.165) is 12.1 Å². The molecular weight excluding hydrogens is 242 g/mol. The van der Waals surface area contributed by atoms with Gasteiger partial charge in [-0.3, -0.25) is 8.78 Å². The average molecular weight is 247 g/mol. The third-order valence-corrected chi connectivity index (χ3v) is 1.03. The molecule has 0 atom stereocenters. The number of rotatable bonds is 1. The molecule has 0 radical (unpaired) electrons. The molecule has 0 fully saturated rings. The monoisotopic (exact) mass is 246 g/mol. The van der Waals surface area contributed by atoms with Crippen molar-refractivity contribution in [2.24, 2.45) is 0 Å². The van der Waals surface area contributed by atoms with Gasteiger partial charge in [0, 0.05) is 11.6 Å². The molecule has 5 heteroatoms. The van der Waals surface area contributed by atoms with E-state index in [2.05, 4.69) is 10.8 Å². The number of ether oxygens (including phenoxy) is 1. The first-order valence-corrected chi connectivity index (χ1v) is 2.65. The van der Waals surface area contributed by atoms with Crippen LogP contribution in [0, 0.1) is 17.7 Å². The number of methoxy groups -OCH3 is 1. The van der Waals surface area contributed by atoms with Crippen molar-refractivity contribution in [2.45, 2.75) is 0 Å². The summed E-state index contributed by atoms with van der Waals surface area (Å²) >= 11 is 0. The van der Waals surface area contributed by atoms with Crippen LogP contribution in [0.5, 0.6) is 5.75 Å². The van der Waals surface area contributed by atoms with Crippen LogP contribution in [0.15, 0.2) is 12.1 Å². The molecule has 0 aliphatic rings. The topological polar surface area (TPSA) is 9.23 Å². The fourth-order valence-electron chi connectivity index (χ4n) is 0.588. The molecule has 1 nitrogen and oxygen atoms in total. The Bertz CT molecular complexity index is 245. The summed E-state index contributed by atoms with van der Waals surface area (Å²) in [4.78, 5) is 0. The van der Waals surface area contributed by atoms with E-state index in [-0.39, 0.29) is 45.8 Å². The number of benzene rings is 1. The van der Waals surface area contributed by atoms with E-state index in [9.17, 15) is 8.78 Å². The minimum absolute atomic E-state index is 0. The molecule has 0 amide bonds. The molecule has 62 valence electrons. The molecule has 0 unspecified atom stereocenters. The fraction of sp³-hybridized carbons (Fsp3) is 0.143. The maximum absolute atomic E-state index is 12.5. The maximum Gasteiger partial charge on any atom is 2.00 e. The standard InChI is InChI=1S/C7H5F2O.BrH.Mg/c1-10-7-3-2-5(8)4-6(7)9;;/h2,4H,1H3;1H;/q-1;;+2/p-1. The van der Waals surface area contributed by atoms with Gasteiger partial charge in [0.1, 0.15) is 0 Å². The Balaban J connectivity index is 0. The molecule has 0 aliphatic heterocycles. The molecule has 0 aliphatic carbocycles. The van der Waals surface area contributed by atoms with Gasteiger partial charge in [-0.1, -0.05) is 6.07 Å². The van der Waals surface area contributed by atoms with Crippen LogP contribution in [0.2, 0.25) is 0 Å². The maximum atomic E-state index is 12.5. The summed E-state index contributed by atoms with van der Waals surface area (Å²) in [5.74, 6) is -1.46. The molecule has 0 aromatic heterocycles. The van der Waals surface area contributed by atoms with Gasteiger partial charge in [-0.05, 0) is 0 Å². The quantitative estimate of drug-likeness (QED) is 0.429. The van der Waals surface area contributed by atoms with Crippen LogP contribution in [-0.4, -0.2) is 30.2 Å². The zero-order chi connectivity index (χ0) is 7.56. The zero-order valence-corrected chi connectivity index (χ0v) is 9.40. The Morgan fingerprint density at radius 2 is 2.00 bits per heavy atom. The predicted molar refractivity (Wildman–Crippen MR) is 37.5 cm³/mol. The Morgan fingerprint density at radius 1 is 1.42 bits per heavy atom. The van der Waals surface area contributed by atoms with Gasteiger partial charge in [-0.2, -0.15) is 0 Å². The van der Waals surface area contributed by atoms with Crippen molar-refractivity contribution in [3.05, 3.63) is 29.8 Å². The largest absolute Gasteiger partial charge is 2.00 e. The molecule has 0 N–H and O–H groups in total. The first-order chi connectivity index (χ1) is 4.74. The normalized spacial score (nSPS) is 7.92. The van der Waals surface area contributed by atoms with Gasteiger partial charge in [0.25, 0.3) is 0 Å². The first kappa shape index (κ1) is 14.6. The summed E-state index contributed by atoms with van der Waals surface area (Å²) < 4.78 is 29.1. The van der Waals surface area contributed by atoms with Crippen LogP contribution in [0.4, 0.5) is 8.78 Å². The summed E-state index contributed by atoms with van der Waals surface area (Å²) in [6, 6.07) is 4.04. The van der Waals surface area contributed by atoms with E-state index >= 15 is 0 Å². The second-order valence-corrected chi connectivity index (χ2v) is 1.70. The van der Waals surface area contributed by atoms with Gasteiger partial charge in [0.05, 0.1) is 12.9 Å². The summed E-state index contributed by atoms with van der Waals surface area (Å²) in [5.41, 5.74) is 0. The van der Waals surface area contributed by atoms with E-state index in [1.807, 2.05) is 0 Å². The van der Waals surface area contributed by atoms with E-state index in [4.69, 9.17) is 0 Å². The van der Waals surface area contributed by atoms with Gasteiger partial charge in [-0.15, -0.1) is 12.1 Å². The van der Waals surface area contributed by atoms with Crippen LogP contribution in [0.3, 0.4) is 0 Å². The minimum Gasteiger partial charge on any atom is -1.00 e. The summed E-state index contributed by atoms with van der Waals surface area (Å²) in [6.45, 7) is 0. The van der Waals surface area contributed by atoms with Crippen molar-refractivity contribution in [2.75, 3.05) is 7.11 Å². The molecule has 0 saturated carbocycles. The molecule has 1 aromatic rings. The Kier molecular flexibility index (Phi) is 8.08. The second-order valence-electron chi connectivity index (χ2n) is 1.70. The van der Waals surface area contributed by atoms with Crippen molar-refractivity contribution in [3.8, 4) is 5.75 Å². The van der Waals surface area contributed by atoms with Crippen molar-refractivity contribution in [3.63, 3.8) is 0 Å². The van der Waals surface area contributed by atoms with Crippen LogP contribution in [0.1, 0.15) is 0 Å². The zero-order valence-electron chi connectivity index (χ0n) is 6.40. The van der Waals surface area contributed by atoms with Gasteiger partial charge in [0.2, 0.25) is 0 Å². The molecule has 0 bridgehead atoms. The Morgan fingerprint density at radius 3 is 2.42 bits per heavy atom. The third kappa shape index (κ3) is 3.69. The molecule has 1 rings (SSSR count). The molecule has 1 aromatic carbocycles. The van der Waals surface area contributed by atoms with Crippen molar-refractivity contribution < 1.29 is 30.5 Å². The van der Waals surface area contributed by atoms with Crippen molar-refractivity contribution >= 4 is 23.1 Å². The average Bonchev–Trinajstić information content (AvgIpc) is 1.88. The predicted octanol–water partition coefficient (Wildman–Crippen LogP) is -1.60. The van der Waals surface area contributed by atoms with Crippen LogP contribution < -0.4 is 21.7 Å². The van der Waals surface area contributed by atoms with Gasteiger partial charge in [0.15, 0.2) is 0 Å². The van der Waals surface area contributed by atoms with Crippen LogP contribution in [-0.2, 0) is 0 Å². The minimum atomic E-state index is -0.734. The molecule has 0 spiro atoms. The van der Waals surface area contributed by atoms with Crippen LogP contribution >= 0.6 is 0 Å². The van der Waals surface area contributed by atoms with Gasteiger partial charge in [-0.25, -0.2) is 0 Å². The number of hydrogen-bond donors (Lipinski definition) is 0. The van der Waals surface area contributed by atoms with E-state index in [1.165, 1.54) is 7.11 Å². The van der Waals surface area contributed by atoms with Crippen molar-refractivity contribution in [1.82, 2.24) is 0 Å². The van der Waals surface area contributed by atoms with Crippen molar-refractivity contribution in [1.29, 1.82) is 0 Å². The van der Waals surface area contributed by atoms with Gasteiger partial charge >= 0.3 is 23.1 Å². The SMILES string of the molecule is COc1[c-]cc(F)cc1F.[Br-].[Mg+2]. The Hall–Kier alpha value is 0.126. The first-order valence-electron chi connectivity index (χ1n) is 2.65. The second kappa shape index (κ2) is 6.62. The van der Waals surface area contributed by atoms with E-state index in [1.54, 1.807) is 0 Å². The number of halogens is 3. The fourth-order valence-corrected chi connectivity index (χ4v) is 0.588. The molecular formula is C7H5BrF2MgO. The smallest absolute Gasteiger partial charge is 1.00 e. The number of hydrogen-bond acceptors (Lipinski definition) is 1. The summed E-state index contributed by atoms with van der Waals surface area (Å²) in [6.07, 6.45) is 0.